The van der Waals surface area contributed by atoms with Gasteiger partial charge in [0.1, 0.15) is 5.82 Å². The summed E-state index contributed by atoms with van der Waals surface area (Å²) in [6.07, 6.45) is 7.91. The average Bonchev–Trinajstić information content (AvgIpc) is 2.77. The highest BCUT2D eigenvalue weighted by atomic mass is 15.1. The van der Waals surface area contributed by atoms with Crippen molar-refractivity contribution in [3.63, 3.8) is 0 Å². The summed E-state index contributed by atoms with van der Waals surface area (Å²) in [6.45, 7) is 4.90. The smallest absolute Gasteiger partial charge is 0.110 e. The number of hydrogen-bond acceptors (Lipinski definition) is 4. The van der Waals surface area contributed by atoms with E-state index in [0.29, 0.717) is 6.42 Å². The van der Waals surface area contributed by atoms with E-state index in [9.17, 15) is 0 Å². The Balaban J connectivity index is 2.11. The summed E-state index contributed by atoms with van der Waals surface area (Å²) in [5.74, 6) is 0.988. The Labute approximate surface area is 101 Å². The van der Waals surface area contributed by atoms with Crippen LogP contribution in [0.5, 0.6) is 0 Å². The van der Waals surface area contributed by atoms with Crippen LogP contribution in [0.4, 0.5) is 0 Å². The Morgan fingerprint density at radius 3 is 2.76 bits per heavy atom. The van der Waals surface area contributed by atoms with Gasteiger partial charge in [-0.15, -0.1) is 0 Å². The minimum Gasteiger partial charge on any atom is -0.335 e. The van der Waals surface area contributed by atoms with Crippen LogP contribution in [0.15, 0.2) is 24.8 Å². The van der Waals surface area contributed by atoms with Crippen molar-refractivity contribution >= 4 is 0 Å². The molecule has 2 heterocycles. The number of hydrogen-bond donors (Lipinski definition) is 1. The van der Waals surface area contributed by atoms with Gasteiger partial charge in [-0.3, -0.25) is 9.97 Å². The molecule has 5 nitrogen and oxygen atoms in total. The van der Waals surface area contributed by atoms with Gasteiger partial charge >= 0.3 is 0 Å². The number of imidazole rings is 1. The van der Waals surface area contributed by atoms with Gasteiger partial charge in [0.15, 0.2) is 0 Å². The maximum Gasteiger partial charge on any atom is 0.110 e. The van der Waals surface area contributed by atoms with Crippen LogP contribution in [-0.2, 0) is 13.0 Å². The molecule has 0 bridgehead atoms. The van der Waals surface area contributed by atoms with Crippen LogP contribution in [0.3, 0.4) is 0 Å². The molecule has 2 aromatic heterocycles. The topological polar surface area (TPSA) is 69.6 Å². The zero-order valence-corrected chi connectivity index (χ0v) is 10.2. The Bertz CT molecular complexity index is 474. The third-order valence-corrected chi connectivity index (χ3v) is 2.73. The first kappa shape index (κ1) is 11.7. The van der Waals surface area contributed by atoms with E-state index in [0.717, 1.165) is 23.8 Å². The SMILES string of the molecule is CCn1ccnc1CC(N)c1cnc(C)cn1. The summed E-state index contributed by atoms with van der Waals surface area (Å²) in [4.78, 5) is 12.8. The van der Waals surface area contributed by atoms with Crippen LogP contribution in [0, 0.1) is 6.92 Å². The summed E-state index contributed by atoms with van der Waals surface area (Å²) >= 11 is 0. The van der Waals surface area contributed by atoms with Gasteiger partial charge in [-0.05, 0) is 13.8 Å². The second-order valence-electron chi connectivity index (χ2n) is 4.02. The molecule has 2 N–H and O–H groups in total. The molecule has 90 valence electrons. The van der Waals surface area contributed by atoms with E-state index < -0.39 is 0 Å². The zero-order valence-electron chi connectivity index (χ0n) is 10.2. The second-order valence-corrected chi connectivity index (χ2v) is 4.02. The Kier molecular flexibility index (Phi) is 3.49. The van der Waals surface area contributed by atoms with Gasteiger partial charge in [0.05, 0.1) is 23.6 Å². The highest BCUT2D eigenvalue weighted by Gasteiger charge is 2.12. The normalized spacial score (nSPS) is 12.6. The molecule has 0 aliphatic rings. The fraction of sp³-hybridized carbons (Fsp3) is 0.417. The third-order valence-electron chi connectivity index (χ3n) is 2.73. The molecule has 1 unspecified atom stereocenters. The summed E-state index contributed by atoms with van der Waals surface area (Å²) in [5.41, 5.74) is 7.81. The fourth-order valence-electron chi connectivity index (χ4n) is 1.71. The van der Waals surface area contributed by atoms with Crippen molar-refractivity contribution in [2.45, 2.75) is 32.9 Å². The van der Waals surface area contributed by atoms with Crippen molar-refractivity contribution in [2.24, 2.45) is 5.73 Å². The highest BCUT2D eigenvalue weighted by Crippen LogP contribution is 2.12. The van der Waals surface area contributed by atoms with Crippen LogP contribution in [-0.4, -0.2) is 19.5 Å². The van der Waals surface area contributed by atoms with Crippen molar-refractivity contribution in [2.75, 3.05) is 0 Å². The molecule has 0 aliphatic heterocycles. The zero-order chi connectivity index (χ0) is 12.3. The lowest BCUT2D eigenvalue weighted by molar-refractivity contribution is 0.615. The molecule has 17 heavy (non-hydrogen) atoms. The van der Waals surface area contributed by atoms with Crippen LogP contribution < -0.4 is 5.73 Å². The van der Waals surface area contributed by atoms with Gasteiger partial charge < -0.3 is 10.3 Å². The van der Waals surface area contributed by atoms with Gasteiger partial charge in [0, 0.05) is 31.6 Å². The Morgan fingerprint density at radius 2 is 2.12 bits per heavy atom. The maximum atomic E-state index is 6.10. The molecule has 0 radical (unpaired) electrons. The number of nitrogens with two attached hydrogens (primary N) is 1. The van der Waals surface area contributed by atoms with E-state index >= 15 is 0 Å². The van der Waals surface area contributed by atoms with Crippen LogP contribution in [0.2, 0.25) is 0 Å². The van der Waals surface area contributed by atoms with Crippen molar-refractivity contribution in [1.29, 1.82) is 0 Å². The van der Waals surface area contributed by atoms with Crippen LogP contribution in [0.1, 0.15) is 30.2 Å². The number of rotatable bonds is 4. The predicted octanol–water partition coefficient (Wildman–Crippen LogP) is 1.24. The molecule has 0 spiro atoms. The average molecular weight is 231 g/mol. The molecular formula is C12H17N5. The summed E-state index contributed by atoms with van der Waals surface area (Å²) in [6, 6.07) is -0.157. The quantitative estimate of drug-likeness (QED) is 0.859. The minimum atomic E-state index is -0.157. The van der Waals surface area contributed by atoms with E-state index in [4.69, 9.17) is 5.73 Å². The van der Waals surface area contributed by atoms with Gasteiger partial charge in [-0.25, -0.2) is 4.98 Å². The van der Waals surface area contributed by atoms with E-state index in [1.54, 1.807) is 18.6 Å². The molecule has 0 aliphatic carbocycles. The van der Waals surface area contributed by atoms with Crippen LogP contribution >= 0.6 is 0 Å². The molecule has 0 saturated carbocycles. The van der Waals surface area contributed by atoms with Crippen molar-refractivity contribution < 1.29 is 0 Å². The number of aromatic nitrogens is 4. The lowest BCUT2D eigenvalue weighted by Gasteiger charge is -2.11. The van der Waals surface area contributed by atoms with Gasteiger partial charge in [-0.2, -0.15) is 0 Å². The molecule has 1 atom stereocenters. The summed E-state index contributed by atoms with van der Waals surface area (Å²) < 4.78 is 2.08. The number of nitrogens with zero attached hydrogens (tertiary/aromatic N) is 4. The first-order valence-electron chi connectivity index (χ1n) is 5.75. The van der Waals surface area contributed by atoms with E-state index in [-0.39, 0.29) is 6.04 Å². The van der Waals surface area contributed by atoms with Gasteiger partial charge in [-0.1, -0.05) is 0 Å². The summed E-state index contributed by atoms with van der Waals surface area (Å²) in [7, 11) is 0. The van der Waals surface area contributed by atoms with Crippen molar-refractivity contribution in [3.8, 4) is 0 Å². The standard InChI is InChI=1S/C12H17N5/c1-3-17-5-4-14-12(17)6-10(13)11-8-15-9(2)7-16-11/h4-5,7-8,10H,3,6,13H2,1-2H3. The second kappa shape index (κ2) is 5.05. The largest absolute Gasteiger partial charge is 0.335 e. The van der Waals surface area contributed by atoms with Crippen molar-refractivity contribution in [3.05, 3.63) is 42.0 Å². The lowest BCUT2D eigenvalue weighted by Crippen LogP contribution is -2.18. The molecule has 2 aromatic rings. The molecule has 0 amide bonds. The summed E-state index contributed by atoms with van der Waals surface area (Å²) in [5, 5.41) is 0. The monoisotopic (exact) mass is 231 g/mol. The predicted molar refractivity (Wildman–Crippen MR) is 65.3 cm³/mol. The number of aryl methyl sites for hydroxylation is 2. The molecule has 0 aromatic carbocycles. The Morgan fingerprint density at radius 1 is 1.29 bits per heavy atom. The van der Waals surface area contributed by atoms with Crippen molar-refractivity contribution in [1.82, 2.24) is 19.5 Å². The molecular weight excluding hydrogens is 214 g/mol. The first-order valence-corrected chi connectivity index (χ1v) is 5.75. The highest BCUT2D eigenvalue weighted by molar-refractivity contribution is 5.08. The van der Waals surface area contributed by atoms with Gasteiger partial charge in [0.2, 0.25) is 0 Å². The molecule has 0 fully saturated rings. The lowest BCUT2D eigenvalue weighted by atomic mass is 10.1. The van der Waals surface area contributed by atoms with E-state index in [2.05, 4.69) is 26.4 Å². The molecule has 5 heteroatoms. The first-order chi connectivity index (χ1) is 8.20. The third kappa shape index (κ3) is 2.68. The molecule has 2 rings (SSSR count). The minimum absolute atomic E-state index is 0.157. The van der Waals surface area contributed by atoms with E-state index in [1.807, 2.05) is 13.1 Å². The fourth-order valence-corrected chi connectivity index (χ4v) is 1.71. The van der Waals surface area contributed by atoms with Gasteiger partial charge in [0.25, 0.3) is 0 Å². The Hall–Kier alpha value is -1.75. The molecule has 0 saturated heterocycles. The van der Waals surface area contributed by atoms with E-state index in [1.165, 1.54) is 0 Å². The maximum absolute atomic E-state index is 6.10. The van der Waals surface area contributed by atoms with Crippen LogP contribution in [0.25, 0.3) is 0 Å².